The Morgan fingerprint density at radius 2 is 2.13 bits per heavy atom. The first kappa shape index (κ1) is 10.2. The zero-order valence-corrected chi connectivity index (χ0v) is 10.2. The fourth-order valence-corrected chi connectivity index (χ4v) is 1.78. The summed E-state index contributed by atoms with van der Waals surface area (Å²) in [5, 5.41) is 0. The summed E-state index contributed by atoms with van der Waals surface area (Å²) in [6.45, 7) is 2.05. The van der Waals surface area contributed by atoms with Crippen molar-refractivity contribution in [1.82, 2.24) is 9.55 Å². The van der Waals surface area contributed by atoms with Crippen molar-refractivity contribution in [2.75, 3.05) is 5.73 Å². The fourth-order valence-electron chi connectivity index (χ4n) is 1.40. The van der Waals surface area contributed by atoms with Crippen LogP contribution in [-0.2, 0) is 7.05 Å². The van der Waals surface area contributed by atoms with Crippen LogP contribution >= 0.6 is 15.9 Å². The van der Waals surface area contributed by atoms with E-state index in [-0.39, 0.29) is 0 Å². The predicted octanol–water partition coefficient (Wildman–Crippen LogP) is 2.74. The molecule has 0 amide bonds. The monoisotopic (exact) mass is 265 g/mol. The Bertz CT molecular complexity index is 503. The minimum atomic E-state index is 0.686. The zero-order chi connectivity index (χ0) is 11.0. The van der Waals surface area contributed by atoms with Gasteiger partial charge in [0, 0.05) is 17.1 Å². The first-order valence-corrected chi connectivity index (χ1v) is 5.42. The van der Waals surface area contributed by atoms with E-state index in [4.69, 9.17) is 5.73 Å². The summed E-state index contributed by atoms with van der Waals surface area (Å²) >= 11 is 3.50. The maximum Gasteiger partial charge on any atom is 0.131 e. The van der Waals surface area contributed by atoms with Crippen LogP contribution in [-0.4, -0.2) is 9.55 Å². The van der Waals surface area contributed by atoms with E-state index in [0.29, 0.717) is 5.82 Å². The largest absolute Gasteiger partial charge is 0.383 e. The van der Waals surface area contributed by atoms with Crippen molar-refractivity contribution in [3.8, 4) is 11.3 Å². The number of nitrogens with zero attached hydrogens (tertiary/aromatic N) is 2. The lowest BCUT2D eigenvalue weighted by Crippen LogP contribution is -1.95. The molecule has 0 aliphatic carbocycles. The van der Waals surface area contributed by atoms with Gasteiger partial charge in [0.2, 0.25) is 0 Å². The second-order valence-corrected chi connectivity index (χ2v) is 4.41. The number of benzene rings is 1. The second-order valence-electron chi connectivity index (χ2n) is 3.55. The summed E-state index contributed by atoms with van der Waals surface area (Å²) in [5.74, 6) is 0.686. The molecule has 2 aromatic rings. The average molecular weight is 266 g/mol. The number of nitrogen functional groups attached to an aromatic ring is 1. The van der Waals surface area contributed by atoms with Gasteiger partial charge in [0.25, 0.3) is 0 Å². The van der Waals surface area contributed by atoms with Crippen LogP contribution in [0.1, 0.15) is 5.56 Å². The van der Waals surface area contributed by atoms with Crippen LogP contribution in [0.2, 0.25) is 0 Å². The van der Waals surface area contributed by atoms with E-state index in [1.54, 1.807) is 6.33 Å². The highest BCUT2D eigenvalue weighted by molar-refractivity contribution is 9.10. The number of rotatable bonds is 1. The molecular formula is C11H12BrN3. The highest BCUT2D eigenvalue weighted by Gasteiger charge is 2.08. The molecule has 0 spiro atoms. The SMILES string of the molecule is Cc1ccc(-c2ncn(C)c2N)cc1Br. The molecule has 0 atom stereocenters. The molecule has 2 rings (SSSR count). The third-order valence-corrected chi connectivity index (χ3v) is 3.28. The summed E-state index contributed by atoms with van der Waals surface area (Å²) in [6.07, 6.45) is 1.72. The van der Waals surface area contributed by atoms with E-state index in [9.17, 15) is 0 Å². The van der Waals surface area contributed by atoms with Gasteiger partial charge in [-0.15, -0.1) is 0 Å². The Hall–Kier alpha value is -1.29. The molecule has 4 heteroatoms. The molecule has 78 valence electrons. The molecule has 0 unspecified atom stereocenters. The van der Waals surface area contributed by atoms with Gasteiger partial charge in [-0.1, -0.05) is 28.1 Å². The molecule has 0 aliphatic heterocycles. The number of aryl methyl sites for hydroxylation is 2. The van der Waals surface area contributed by atoms with Gasteiger partial charge in [0.05, 0.1) is 6.33 Å². The van der Waals surface area contributed by atoms with E-state index in [1.807, 2.05) is 29.8 Å². The number of halogens is 1. The second kappa shape index (κ2) is 3.70. The van der Waals surface area contributed by atoms with Crippen molar-refractivity contribution in [2.24, 2.45) is 7.05 Å². The highest BCUT2D eigenvalue weighted by Crippen LogP contribution is 2.27. The summed E-state index contributed by atoms with van der Waals surface area (Å²) in [4.78, 5) is 4.27. The van der Waals surface area contributed by atoms with Crippen molar-refractivity contribution in [3.05, 3.63) is 34.6 Å². The van der Waals surface area contributed by atoms with Crippen LogP contribution < -0.4 is 5.73 Å². The van der Waals surface area contributed by atoms with Crippen molar-refractivity contribution < 1.29 is 0 Å². The maximum atomic E-state index is 5.91. The highest BCUT2D eigenvalue weighted by atomic mass is 79.9. The standard InChI is InChI=1S/C11H12BrN3/c1-7-3-4-8(5-9(7)12)10-11(13)15(2)6-14-10/h3-6H,13H2,1-2H3. The van der Waals surface area contributed by atoms with Gasteiger partial charge >= 0.3 is 0 Å². The normalized spacial score (nSPS) is 10.6. The summed E-state index contributed by atoms with van der Waals surface area (Å²) in [5.41, 5.74) is 8.97. The summed E-state index contributed by atoms with van der Waals surface area (Å²) in [6, 6.07) is 6.11. The number of aromatic nitrogens is 2. The number of hydrogen-bond donors (Lipinski definition) is 1. The lowest BCUT2D eigenvalue weighted by atomic mass is 10.1. The van der Waals surface area contributed by atoms with Crippen LogP contribution in [0, 0.1) is 6.92 Å². The molecule has 0 radical (unpaired) electrons. The van der Waals surface area contributed by atoms with Crippen LogP contribution in [0.15, 0.2) is 29.0 Å². The van der Waals surface area contributed by atoms with E-state index in [1.165, 1.54) is 5.56 Å². The van der Waals surface area contributed by atoms with Gasteiger partial charge in [-0.3, -0.25) is 0 Å². The van der Waals surface area contributed by atoms with E-state index in [0.717, 1.165) is 15.7 Å². The molecule has 0 saturated carbocycles. The van der Waals surface area contributed by atoms with Crippen LogP contribution in [0.25, 0.3) is 11.3 Å². The number of imidazole rings is 1. The van der Waals surface area contributed by atoms with Crippen molar-refractivity contribution >= 4 is 21.7 Å². The topological polar surface area (TPSA) is 43.8 Å². The molecule has 2 N–H and O–H groups in total. The van der Waals surface area contributed by atoms with Crippen LogP contribution in [0.4, 0.5) is 5.82 Å². The molecule has 0 saturated heterocycles. The summed E-state index contributed by atoms with van der Waals surface area (Å²) < 4.78 is 2.88. The molecule has 1 aromatic carbocycles. The van der Waals surface area contributed by atoms with Gasteiger partial charge in [-0.05, 0) is 18.6 Å². The zero-order valence-electron chi connectivity index (χ0n) is 8.66. The van der Waals surface area contributed by atoms with Gasteiger partial charge in [0.1, 0.15) is 11.5 Å². The quantitative estimate of drug-likeness (QED) is 0.862. The third kappa shape index (κ3) is 1.77. The molecule has 1 aromatic heterocycles. The third-order valence-electron chi connectivity index (χ3n) is 2.43. The molecule has 1 heterocycles. The molecule has 0 fully saturated rings. The van der Waals surface area contributed by atoms with Crippen LogP contribution in [0.3, 0.4) is 0 Å². The Morgan fingerprint density at radius 3 is 2.67 bits per heavy atom. The summed E-state index contributed by atoms with van der Waals surface area (Å²) in [7, 11) is 1.88. The van der Waals surface area contributed by atoms with Crippen molar-refractivity contribution in [2.45, 2.75) is 6.92 Å². The van der Waals surface area contributed by atoms with Crippen LogP contribution in [0.5, 0.6) is 0 Å². The Morgan fingerprint density at radius 1 is 1.40 bits per heavy atom. The predicted molar refractivity (Wildman–Crippen MR) is 65.5 cm³/mol. The lowest BCUT2D eigenvalue weighted by Gasteiger charge is -2.03. The number of nitrogens with two attached hydrogens (primary N) is 1. The molecule has 15 heavy (non-hydrogen) atoms. The molecule has 0 bridgehead atoms. The lowest BCUT2D eigenvalue weighted by molar-refractivity contribution is 0.925. The number of anilines is 1. The van der Waals surface area contributed by atoms with Crippen molar-refractivity contribution in [3.63, 3.8) is 0 Å². The minimum Gasteiger partial charge on any atom is -0.383 e. The number of hydrogen-bond acceptors (Lipinski definition) is 2. The minimum absolute atomic E-state index is 0.686. The Balaban J connectivity index is 2.55. The average Bonchev–Trinajstić information content (AvgIpc) is 2.53. The Labute approximate surface area is 97.1 Å². The van der Waals surface area contributed by atoms with Gasteiger partial charge in [0.15, 0.2) is 0 Å². The van der Waals surface area contributed by atoms with E-state index < -0.39 is 0 Å². The van der Waals surface area contributed by atoms with Gasteiger partial charge in [-0.2, -0.15) is 0 Å². The van der Waals surface area contributed by atoms with E-state index >= 15 is 0 Å². The molecule has 0 aliphatic rings. The van der Waals surface area contributed by atoms with E-state index in [2.05, 4.69) is 27.8 Å². The Kier molecular flexibility index (Phi) is 2.52. The smallest absolute Gasteiger partial charge is 0.131 e. The maximum absolute atomic E-state index is 5.91. The first-order valence-electron chi connectivity index (χ1n) is 4.63. The van der Waals surface area contributed by atoms with Gasteiger partial charge < -0.3 is 10.3 Å². The molecular weight excluding hydrogens is 254 g/mol. The van der Waals surface area contributed by atoms with Crippen molar-refractivity contribution in [1.29, 1.82) is 0 Å². The first-order chi connectivity index (χ1) is 7.09. The molecule has 3 nitrogen and oxygen atoms in total. The van der Waals surface area contributed by atoms with Gasteiger partial charge in [-0.25, -0.2) is 4.98 Å². The fraction of sp³-hybridized carbons (Fsp3) is 0.182.